The molecular formula is C24H29ClN2O5. The maximum Gasteiger partial charge on any atom is 0.191 e. The van der Waals surface area contributed by atoms with E-state index in [0.717, 1.165) is 36.9 Å². The van der Waals surface area contributed by atoms with E-state index in [1.807, 2.05) is 24.3 Å². The number of rotatable bonds is 7. The lowest BCUT2D eigenvalue weighted by Crippen LogP contribution is -2.49. The monoisotopic (exact) mass is 460 g/mol. The number of hydrogen-bond donors (Lipinski definition) is 1. The molecule has 4 rings (SSSR count). The molecule has 1 saturated heterocycles. The summed E-state index contributed by atoms with van der Waals surface area (Å²) in [6, 6.07) is 11.3. The number of piperazine rings is 1. The Morgan fingerprint density at radius 3 is 2.66 bits per heavy atom. The summed E-state index contributed by atoms with van der Waals surface area (Å²) in [7, 11) is 1.55. The Bertz CT molecular complexity index is 961. The highest BCUT2D eigenvalue weighted by molar-refractivity contribution is 6.33. The lowest BCUT2D eigenvalue weighted by Gasteiger charge is -2.37. The van der Waals surface area contributed by atoms with Crippen LogP contribution in [0.2, 0.25) is 5.02 Å². The van der Waals surface area contributed by atoms with E-state index in [9.17, 15) is 9.90 Å². The van der Waals surface area contributed by atoms with E-state index in [1.54, 1.807) is 26.2 Å². The molecule has 7 nitrogen and oxygen atoms in total. The van der Waals surface area contributed by atoms with Crippen molar-refractivity contribution in [1.29, 1.82) is 0 Å². The van der Waals surface area contributed by atoms with E-state index >= 15 is 0 Å². The minimum atomic E-state index is -0.679. The van der Waals surface area contributed by atoms with Gasteiger partial charge in [0.1, 0.15) is 18.8 Å². The van der Waals surface area contributed by atoms with Crippen molar-refractivity contribution in [3.8, 4) is 11.5 Å². The van der Waals surface area contributed by atoms with Gasteiger partial charge >= 0.3 is 0 Å². The molecule has 2 aliphatic heterocycles. The zero-order chi connectivity index (χ0) is 22.7. The molecule has 32 heavy (non-hydrogen) atoms. The largest absolute Gasteiger partial charge is 0.493 e. The molecule has 2 atom stereocenters. The Morgan fingerprint density at radius 1 is 1.19 bits per heavy atom. The van der Waals surface area contributed by atoms with Crippen LogP contribution in [-0.2, 0) is 11.3 Å². The smallest absolute Gasteiger partial charge is 0.191 e. The number of hydrogen-bond acceptors (Lipinski definition) is 7. The van der Waals surface area contributed by atoms with Crippen LogP contribution in [0.3, 0.4) is 0 Å². The molecule has 0 radical (unpaired) electrons. The second-order valence-electron chi connectivity index (χ2n) is 8.14. The molecule has 1 N–H and O–H groups in total. The number of aliphatic hydroxyl groups is 1. The average molecular weight is 461 g/mol. The number of ether oxygens (including phenoxy) is 3. The van der Waals surface area contributed by atoms with Crippen LogP contribution in [0.15, 0.2) is 36.4 Å². The van der Waals surface area contributed by atoms with Crippen LogP contribution in [-0.4, -0.2) is 74.4 Å². The van der Waals surface area contributed by atoms with Crippen LogP contribution < -0.4 is 14.4 Å². The number of anilines is 1. The SMILES string of the molecule is COc1ccc2c(c1OCC(O)CN1CCN(c3ccccc3Cl)CC1)COC(C)C2=O. The standard InChI is InChI=1S/C24H29ClN2O5/c1-16-23(29)18-7-8-22(30-2)24(19(18)15-31-16)32-14-17(28)13-26-9-11-27(12-10-26)21-6-4-3-5-20(21)25/h3-8,16-17,28H,9-15H2,1-2H3. The Labute approximate surface area is 193 Å². The lowest BCUT2D eigenvalue weighted by atomic mass is 9.97. The van der Waals surface area contributed by atoms with Crippen LogP contribution in [0.5, 0.6) is 11.5 Å². The molecule has 2 aliphatic rings. The molecule has 0 amide bonds. The number of ketones is 1. The number of carbonyl (C=O) groups is 1. The molecule has 0 spiro atoms. The zero-order valence-electron chi connectivity index (χ0n) is 18.4. The van der Waals surface area contributed by atoms with Crippen LogP contribution in [0.25, 0.3) is 0 Å². The maximum absolute atomic E-state index is 12.4. The summed E-state index contributed by atoms with van der Waals surface area (Å²) in [5.74, 6) is 0.916. The first-order valence-corrected chi connectivity index (χ1v) is 11.2. The number of halogens is 1. The Balaban J connectivity index is 1.34. The molecule has 8 heteroatoms. The molecule has 2 heterocycles. The van der Waals surface area contributed by atoms with Gasteiger partial charge in [-0.25, -0.2) is 0 Å². The highest BCUT2D eigenvalue weighted by Crippen LogP contribution is 2.37. The minimum absolute atomic E-state index is 0.0734. The van der Waals surface area contributed by atoms with Gasteiger partial charge in [-0.15, -0.1) is 0 Å². The first kappa shape index (κ1) is 22.9. The number of β-amino-alcohol motifs (C(OH)–C–C–N with tert-alkyl or cyclic N) is 1. The first-order chi connectivity index (χ1) is 15.5. The van der Waals surface area contributed by atoms with Gasteiger partial charge in [0, 0.05) is 43.9 Å². The number of carbonyl (C=O) groups excluding carboxylic acids is 1. The molecule has 2 unspecified atom stereocenters. The van der Waals surface area contributed by atoms with E-state index < -0.39 is 12.2 Å². The van der Waals surface area contributed by atoms with Crippen LogP contribution in [0.1, 0.15) is 22.8 Å². The van der Waals surface area contributed by atoms with Gasteiger partial charge in [-0.05, 0) is 31.2 Å². The number of Topliss-reactive ketones (excluding diaryl/α,β-unsaturated/α-hetero) is 1. The van der Waals surface area contributed by atoms with Crippen molar-refractivity contribution in [3.05, 3.63) is 52.5 Å². The summed E-state index contributed by atoms with van der Waals surface area (Å²) >= 11 is 6.32. The minimum Gasteiger partial charge on any atom is -0.493 e. The molecule has 0 saturated carbocycles. The predicted molar refractivity (Wildman–Crippen MR) is 123 cm³/mol. The van der Waals surface area contributed by atoms with Crippen LogP contribution >= 0.6 is 11.6 Å². The van der Waals surface area contributed by atoms with Crippen molar-refractivity contribution in [2.45, 2.75) is 25.7 Å². The number of para-hydroxylation sites is 1. The van der Waals surface area contributed by atoms with Gasteiger partial charge in [-0.2, -0.15) is 0 Å². The van der Waals surface area contributed by atoms with Crippen molar-refractivity contribution in [2.75, 3.05) is 51.3 Å². The zero-order valence-corrected chi connectivity index (χ0v) is 19.2. The van der Waals surface area contributed by atoms with E-state index in [4.69, 9.17) is 25.8 Å². The Kier molecular flexibility index (Phi) is 7.20. The third-order valence-electron chi connectivity index (χ3n) is 6.01. The number of benzene rings is 2. The van der Waals surface area contributed by atoms with Gasteiger partial charge < -0.3 is 24.2 Å². The van der Waals surface area contributed by atoms with E-state index in [1.165, 1.54) is 0 Å². The molecule has 0 aliphatic carbocycles. The van der Waals surface area contributed by atoms with Crippen LogP contribution in [0, 0.1) is 0 Å². The predicted octanol–water partition coefficient (Wildman–Crippen LogP) is 3.01. The van der Waals surface area contributed by atoms with Gasteiger partial charge in [0.2, 0.25) is 0 Å². The average Bonchev–Trinajstić information content (AvgIpc) is 2.80. The van der Waals surface area contributed by atoms with Crippen molar-refractivity contribution >= 4 is 23.1 Å². The molecule has 0 aromatic heterocycles. The van der Waals surface area contributed by atoms with Gasteiger partial charge in [0.25, 0.3) is 0 Å². The molecule has 1 fully saturated rings. The van der Waals surface area contributed by atoms with Gasteiger partial charge in [-0.3, -0.25) is 9.69 Å². The Hall–Kier alpha value is -2.32. The number of nitrogens with zero attached hydrogens (tertiary/aromatic N) is 2. The molecular weight excluding hydrogens is 432 g/mol. The molecule has 0 bridgehead atoms. The van der Waals surface area contributed by atoms with E-state index in [0.29, 0.717) is 29.2 Å². The second-order valence-corrected chi connectivity index (χ2v) is 8.55. The highest BCUT2D eigenvalue weighted by Gasteiger charge is 2.29. The fourth-order valence-electron chi connectivity index (χ4n) is 4.21. The number of fused-ring (bicyclic) bond motifs is 1. The highest BCUT2D eigenvalue weighted by atomic mass is 35.5. The summed E-state index contributed by atoms with van der Waals surface area (Å²) in [4.78, 5) is 16.9. The third-order valence-corrected chi connectivity index (χ3v) is 6.33. The third kappa shape index (κ3) is 4.86. The second kappa shape index (κ2) is 10.1. The van der Waals surface area contributed by atoms with Gasteiger partial charge in [-0.1, -0.05) is 23.7 Å². The molecule has 2 aromatic rings. The van der Waals surface area contributed by atoms with Crippen molar-refractivity contribution < 1.29 is 24.1 Å². The summed E-state index contributed by atoms with van der Waals surface area (Å²) < 4.78 is 16.9. The molecule has 172 valence electrons. The van der Waals surface area contributed by atoms with Gasteiger partial charge in [0.15, 0.2) is 17.3 Å². The lowest BCUT2D eigenvalue weighted by molar-refractivity contribution is 0.0308. The van der Waals surface area contributed by atoms with Crippen molar-refractivity contribution in [2.24, 2.45) is 0 Å². The van der Waals surface area contributed by atoms with Crippen LogP contribution in [0.4, 0.5) is 5.69 Å². The van der Waals surface area contributed by atoms with Crippen molar-refractivity contribution in [3.63, 3.8) is 0 Å². The number of aliphatic hydroxyl groups excluding tert-OH is 1. The summed E-state index contributed by atoms with van der Waals surface area (Å²) in [6.07, 6.45) is -1.15. The maximum atomic E-state index is 12.4. The Morgan fingerprint density at radius 2 is 1.94 bits per heavy atom. The number of methoxy groups -OCH3 is 1. The quantitative estimate of drug-likeness (QED) is 0.681. The summed E-state index contributed by atoms with van der Waals surface area (Å²) in [5.41, 5.74) is 2.31. The summed E-state index contributed by atoms with van der Waals surface area (Å²) in [5, 5.41) is 11.4. The fourth-order valence-corrected chi connectivity index (χ4v) is 4.47. The summed E-state index contributed by atoms with van der Waals surface area (Å²) in [6.45, 7) is 5.95. The fraction of sp³-hybridized carbons (Fsp3) is 0.458. The van der Waals surface area contributed by atoms with E-state index in [2.05, 4.69) is 9.80 Å². The van der Waals surface area contributed by atoms with Gasteiger partial charge in [0.05, 0.1) is 24.4 Å². The molecule has 2 aromatic carbocycles. The first-order valence-electron chi connectivity index (χ1n) is 10.9. The normalized spacial score (nSPS) is 20.1. The topological polar surface area (TPSA) is 71.5 Å². The van der Waals surface area contributed by atoms with Crippen molar-refractivity contribution in [1.82, 2.24) is 4.90 Å². The van der Waals surface area contributed by atoms with E-state index in [-0.39, 0.29) is 19.0 Å².